The summed E-state index contributed by atoms with van der Waals surface area (Å²) >= 11 is 0. The average Bonchev–Trinajstić information content (AvgIpc) is 3.23. The summed E-state index contributed by atoms with van der Waals surface area (Å²) in [4.78, 5) is 28.6. The van der Waals surface area contributed by atoms with E-state index in [2.05, 4.69) is 0 Å². The van der Waals surface area contributed by atoms with Gasteiger partial charge in [-0.05, 0) is 69.5 Å². The van der Waals surface area contributed by atoms with Crippen molar-refractivity contribution in [1.29, 1.82) is 0 Å². The molecule has 0 aliphatic carbocycles. The zero-order chi connectivity index (χ0) is 25.5. The highest BCUT2D eigenvalue weighted by Crippen LogP contribution is 2.44. The number of nitrogens with zero attached hydrogens (tertiary/aromatic N) is 3. The van der Waals surface area contributed by atoms with E-state index < -0.39 is 23.3 Å². The van der Waals surface area contributed by atoms with E-state index in [1.165, 1.54) is 10.6 Å². The van der Waals surface area contributed by atoms with Crippen LogP contribution in [0.4, 0.5) is 13.2 Å². The summed E-state index contributed by atoms with van der Waals surface area (Å²) in [5, 5.41) is 0. The van der Waals surface area contributed by atoms with Crippen LogP contribution in [-0.4, -0.2) is 58.5 Å². The van der Waals surface area contributed by atoms with Gasteiger partial charge in [0.25, 0.3) is 5.91 Å². The number of ether oxygens (including phenoxy) is 1. The Morgan fingerprint density at radius 1 is 1.09 bits per heavy atom. The first-order valence-corrected chi connectivity index (χ1v) is 11.8. The number of halogens is 3. The molecule has 0 radical (unpaired) electrons. The highest BCUT2D eigenvalue weighted by atomic mass is 19.4. The van der Waals surface area contributed by atoms with Crippen LogP contribution >= 0.6 is 0 Å². The molecule has 35 heavy (non-hydrogen) atoms. The highest BCUT2D eigenvalue weighted by Gasteiger charge is 2.49. The Hall–Kier alpha value is -3.01. The molecule has 1 fully saturated rings. The molecular weight excluding hydrogens is 461 g/mol. The maximum absolute atomic E-state index is 13.6. The molecule has 0 atom stereocenters. The zero-order valence-electron chi connectivity index (χ0n) is 20.2. The summed E-state index contributed by atoms with van der Waals surface area (Å²) in [7, 11) is 0. The number of likely N-dealkylation sites (tertiary alicyclic amines) is 1. The number of alkyl halides is 3. The molecule has 2 aromatic rings. The summed E-state index contributed by atoms with van der Waals surface area (Å²) < 4.78 is 47.8. The molecule has 10 heteroatoms. The summed E-state index contributed by atoms with van der Waals surface area (Å²) in [6.45, 7) is 6.81. The van der Waals surface area contributed by atoms with E-state index in [-0.39, 0.29) is 31.6 Å². The average molecular weight is 493 g/mol. The van der Waals surface area contributed by atoms with Gasteiger partial charge in [-0.3, -0.25) is 14.5 Å². The quantitative estimate of drug-likeness (QED) is 0.693. The van der Waals surface area contributed by atoms with Gasteiger partial charge in [-0.15, -0.1) is 0 Å². The number of carbonyl (C=O) groups excluding carboxylic acids is 2. The van der Waals surface area contributed by atoms with Crippen molar-refractivity contribution in [3.05, 3.63) is 52.8 Å². The number of hydrogen-bond acceptors (Lipinski definition) is 4. The fraction of sp³-hybridized carbons (Fsp3) is 0.520. The van der Waals surface area contributed by atoms with E-state index in [4.69, 9.17) is 10.5 Å². The standard InChI is InChI=1S/C25H31F3N4O3/c1-16(2)35-19-5-4-18(14-17(19)3)23(34)30-10-8-24(9-11-30)20-6-7-21(25(26,27)28)32(20)13-12-31(24)15-22(29)33/h4-7,14,16H,8-13,15H2,1-3H3,(H2,29,33). The van der Waals surface area contributed by atoms with Gasteiger partial charge in [-0.25, -0.2) is 0 Å². The maximum atomic E-state index is 13.6. The molecule has 1 aromatic heterocycles. The molecular formula is C25H31F3N4O3. The second-order valence-electron chi connectivity index (χ2n) is 9.61. The molecule has 2 aliphatic heterocycles. The van der Waals surface area contributed by atoms with Gasteiger partial charge in [0, 0.05) is 37.4 Å². The van der Waals surface area contributed by atoms with Crippen LogP contribution in [0.5, 0.6) is 5.75 Å². The first-order chi connectivity index (χ1) is 16.4. The third-order valence-corrected chi connectivity index (χ3v) is 6.96. The van der Waals surface area contributed by atoms with Gasteiger partial charge in [-0.1, -0.05) is 0 Å². The summed E-state index contributed by atoms with van der Waals surface area (Å²) in [6.07, 6.45) is -3.64. The minimum atomic E-state index is -4.47. The molecule has 1 spiro atoms. The van der Waals surface area contributed by atoms with Crippen molar-refractivity contribution in [1.82, 2.24) is 14.4 Å². The van der Waals surface area contributed by atoms with Gasteiger partial charge < -0.3 is 19.9 Å². The zero-order valence-corrected chi connectivity index (χ0v) is 20.2. The van der Waals surface area contributed by atoms with E-state index in [0.29, 0.717) is 37.2 Å². The third-order valence-electron chi connectivity index (χ3n) is 6.96. The van der Waals surface area contributed by atoms with E-state index in [9.17, 15) is 22.8 Å². The molecule has 7 nitrogen and oxygen atoms in total. The number of hydrogen-bond donors (Lipinski definition) is 1. The number of primary amides is 1. The lowest BCUT2D eigenvalue weighted by molar-refractivity contribution is -0.145. The van der Waals surface area contributed by atoms with Crippen molar-refractivity contribution in [2.24, 2.45) is 5.73 Å². The Morgan fingerprint density at radius 3 is 2.34 bits per heavy atom. The Kier molecular flexibility index (Phi) is 6.61. The fourth-order valence-electron chi connectivity index (χ4n) is 5.38. The molecule has 4 rings (SSSR count). The molecule has 2 amide bonds. The van der Waals surface area contributed by atoms with Gasteiger partial charge in [0.2, 0.25) is 5.91 Å². The largest absolute Gasteiger partial charge is 0.491 e. The van der Waals surface area contributed by atoms with Crippen molar-refractivity contribution >= 4 is 11.8 Å². The van der Waals surface area contributed by atoms with E-state index in [0.717, 1.165) is 17.4 Å². The second kappa shape index (κ2) is 9.22. The molecule has 0 bridgehead atoms. The number of rotatable bonds is 5. The summed E-state index contributed by atoms with van der Waals surface area (Å²) in [5.41, 5.74) is 5.91. The first kappa shape index (κ1) is 25.1. The number of aryl methyl sites for hydroxylation is 1. The molecule has 2 aliphatic rings. The SMILES string of the molecule is Cc1cc(C(=O)N2CCC3(CC2)c2ccc(C(F)(F)F)n2CCN3CC(N)=O)ccc1OC(C)C. The van der Waals surface area contributed by atoms with Crippen LogP contribution in [0.3, 0.4) is 0 Å². The predicted octanol–water partition coefficient (Wildman–Crippen LogP) is 3.53. The number of amides is 2. The molecule has 1 aromatic carbocycles. The topological polar surface area (TPSA) is 80.8 Å². The molecule has 0 unspecified atom stereocenters. The van der Waals surface area contributed by atoms with Gasteiger partial charge in [0.05, 0.1) is 18.2 Å². The van der Waals surface area contributed by atoms with Crippen LogP contribution in [0.25, 0.3) is 0 Å². The summed E-state index contributed by atoms with van der Waals surface area (Å²) in [6, 6.07) is 7.93. The van der Waals surface area contributed by atoms with E-state index in [1.54, 1.807) is 23.1 Å². The van der Waals surface area contributed by atoms with Crippen LogP contribution in [0.15, 0.2) is 30.3 Å². The third kappa shape index (κ3) is 4.76. The lowest BCUT2D eigenvalue weighted by Gasteiger charge is -2.51. The van der Waals surface area contributed by atoms with Crippen LogP contribution in [0.2, 0.25) is 0 Å². The Balaban J connectivity index is 1.58. The molecule has 2 N–H and O–H groups in total. The minimum absolute atomic E-state index is 0.0178. The smallest absolute Gasteiger partial charge is 0.431 e. The van der Waals surface area contributed by atoms with Crippen LogP contribution in [0, 0.1) is 6.92 Å². The van der Waals surface area contributed by atoms with Crippen LogP contribution in [-0.2, 0) is 23.1 Å². The van der Waals surface area contributed by atoms with Crippen molar-refractivity contribution in [3.63, 3.8) is 0 Å². The van der Waals surface area contributed by atoms with E-state index >= 15 is 0 Å². The summed E-state index contributed by atoms with van der Waals surface area (Å²) in [5.74, 6) is 0.0560. The lowest BCUT2D eigenvalue weighted by atomic mass is 9.80. The predicted molar refractivity (Wildman–Crippen MR) is 124 cm³/mol. The van der Waals surface area contributed by atoms with Crippen molar-refractivity contribution < 1.29 is 27.5 Å². The number of aromatic nitrogens is 1. The van der Waals surface area contributed by atoms with Crippen molar-refractivity contribution in [3.8, 4) is 5.75 Å². The maximum Gasteiger partial charge on any atom is 0.431 e. The monoisotopic (exact) mass is 492 g/mol. The van der Waals surface area contributed by atoms with Gasteiger partial charge >= 0.3 is 6.18 Å². The molecule has 1 saturated heterocycles. The Morgan fingerprint density at radius 2 is 1.77 bits per heavy atom. The number of nitrogens with two attached hydrogens (primary N) is 1. The fourth-order valence-corrected chi connectivity index (χ4v) is 5.38. The molecule has 0 saturated carbocycles. The first-order valence-electron chi connectivity index (χ1n) is 11.8. The highest BCUT2D eigenvalue weighted by molar-refractivity contribution is 5.94. The van der Waals surface area contributed by atoms with E-state index in [1.807, 2.05) is 25.7 Å². The van der Waals surface area contributed by atoms with Gasteiger partial charge in [-0.2, -0.15) is 13.2 Å². The van der Waals surface area contributed by atoms with Gasteiger partial charge in [0.1, 0.15) is 11.4 Å². The number of fused-ring (bicyclic) bond motifs is 2. The van der Waals surface area contributed by atoms with Gasteiger partial charge in [0.15, 0.2) is 0 Å². The van der Waals surface area contributed by atoms with Crippen molar-refractivity contribution in [2.75, 3.05) is 26.2 Å². The normalized spacial score (nSPS) is 18.1. The lowest BCUT2D eigenvalue weighted by Crippen LogP contribution is -2.59. The number of piperidine rings is 1. The van der Waals surface area contributed by atoms with Crippen LogP contribution < -0.4 is 10.5 Å². The Labute approximate surface area is 202 Å². The number of carbonyl (C=O) groups is 2. The minimum Gasteiger partial charge on any atom is -0.491 e. The molecule has 190 valence electrons. The van der Waals surface area contributed by atoms with Crippen LogP contribution in [0.1, 0.15) is 54.0 Å². The second-order valence-corrected chi connectivity index (χ2v) is 9.61. The van der Waals surface area contributed by atoms with Crippen molar-refractivity contribution in [2.45, 2.75) is 58.0 Å². The molecule has 3 heterocycles. The number of benzene rings is 1. The Bertz CT molecular complexity index is 1120.